The van der Waals surface area contributed by atoms with Gasteiger partial charge in [-0.1, -0.05) is 6.92 Å². The Bertz CT molecular complexity index is 516. The summed E-state index contributed by atoms with van der Waals surface area (Å²) in [6, 6.07) is 0.955. The Morgan fingerprint density at radius 3 is 2.86 bits per heavy atom. The van der Waals surface area contributed by atoms with Crippen molar-refractivity contribution in [1.82, 2.24) is 14.8 Å². The molecule has 0 saturated carbocycles. The third-order valence-corrected chi connectivity index (χ3v) is 5.95. The van der Waals surface area contributed by atoms with Crippen LogP contribution in [0.1, 0.15) is 56.7 Å². The van der Waals surface area contributed by atoms with Crippen molar-refractivity contribution in [2.24, 2.45) is 0 Å². The largest absolute Gasteiger partial charge is 0.338 e. The number of aromatic nitrogens is 1. The molecule has 0 N–H and O–H groups in total. The predicted molar refractivity (Wildman–Crippen MR) is 90.0 cm³/mol. The van der Waals surface area contributed by atoms with Crippen molar-refractivity contribution >= 4 is 17.2 Å². The number of carbonyl (C=O) groups is 1. The highest BCUT2D eigenvalue weighted by molar-refractivity contribution is 7.09. The Morgan fingerprint density at radius 1 is 1.32 bits per heavy atom. The molecule has 0 aliphatic carbocycles. The number of thiazole rings is 1. The first-order chi connectivity index (χ1) is 10.7. The van der Waals surface area contributed by atoms with Gasteiger partial charge in [-0.3, -0.25) is 9.69 Å². The van der Waals surface area contributed by atoms with Crippen LogP contribution in [0.15, 0.2) is 5.38 Å². The standard InChI is InChI=1S/C17H27N3OS/c1-3-6-17-18-14(12-22-17)11-19-9-4-7-15(19)16-8-5-10-20(16)13(2)21/h12,15-16H,3-11H2,1-2H3. The van der Waals surface area contributed by atoms with Crippen molar-refractivity contribution < 1.29 is 4.79 Å². The maximum absolute atomic E-state index is 11.9. The molecule has 0 bridgehead atoms. The lowest BCUT2D eigenvalue weighted by atomic mass is 10.0. The zero-order valence-corrected chi connectivity index (χ0v) is 14.6. The highest BCUT2D eigenvalue weighted by Gasteiger charge is 2.38. The fraction of sp³-hybridized carbons (Fsp3) is 0.765. The fourth-order valence-electron chi connectivity index (χ4n) is 4.03. The molecule has 0 radical (unpaired) electrons. The molecule has 2 unspecified atom stereocenters. The Kier molecular flexibility index (Phi) is 5.14. The van der Waals surface area contributed by atoms with Gasteiger partial charge >= 0.3 is 0 Å². The van der Waals surface area contributed by atoms with Crippen LogP contribution in [0.5, 0.6) is 0 Å². The van der Waals surface area contributed by atoms with E-state index in [9.17, 15) is 4.79 Å². The number of hydrogen-bond donors (Lipinski definition) is 0. The van der Waals surface area contributed by atoms with Gasteiger partial charge in [0.2, 0.25) is 5.91 Å². The molecule has 2 aliphatic rings. The summed E-state index contributed by atoms with van der Waals surface area (Å²) in [5.41, 5.74) is 1.22. The van der Waals surface area contributed by atoms with Gasteiger partial charge in [0, 0.05) is 37.5 Å². The normalized spacial score (nSPS) is 26.0. The van der Waals surface area contributed by atoms with E-state index < -0.39 is 0 Å². The maximum Gasteiger partial charge on any atom is 0.219 e. The monoisotopic (exact) mass is 321 g/mol. The van der Waals surface area contributed by atoms with Crippen LogP contribution in [-0.4, -0.2) is 45.9 Å². The smallest absolute Gasteiger partial charge is 0.219 e. The van der Waals surface area contributed by atoms with Crippen molar-refractivity contribution in [1.29, 1.82) is 0 Å². The van der Waals surface area contributed by atoms with Crippen LogP contribution in [-0.2, 0) is 17.8 Å². The zero-order chi connectivity index (χ0) is 15.5. The van der Waals surface area contributed by atoms with Crippen LogP contribution in [0.25, 0.3) is 0 Å². The van der Waals surface area contributed by atoms with Crippen molar-refractivity contribution in [2.75, 3.05) is 13.1 Å². The Labute approximate surface area is 137 Å². The second-order valence-electron chi connectivity index (χ2n) is 6.58. The summed E-state index contributed by atoms with van der Waals surface area (Å²) in [4.78, 5) is 21.3. The van der Waals surface area contributed by atoms with E-state index in [0.29, 0.717) is 12.1 Å². The molecule has 4 nitrogen and oxygen atoms in total. The van der Waals surface area contributed by atoms with Crippen LogP contribution in [0.3, 0.4) is 0 Å². The molecule has 2 saturated heterocycles. The van der Waals surface area contributed by atoms with Gasteiger partial charge in [-0.2, -0.15) is 0 Å². The first-order valence-electron chi connectivity index (χ1n) is 8.63. The van der Waals surface area contributed by atoms with E-state index in [1.165, 1.54) is 30.0 Å². The maximum atomic E-state index is 11.9. The average Bonchev–Trinajstić information content (AvgIpc) is 3.19. The predicted octanol–water partition coefficient (Wildman–Crippen LogP) is 3.07. The van der Waals surface area contributed by atoms with Crippen molar-refractivity contribution in [3.05, 3.63) is 16.1 Å². The summed E-state index contributed by atoms with van der Waals surface area (Å²) < 4.78 is 0. The van der Waals surface area contributed by atoms with Gasteiger partial charge < -0.3 is 4.90 Å². The number of rotatable bonds is 5. The average molecular weight is 321 g/mol. The lowest BCUT2D eigenvalue weighted by molar-refractivity contribution is -0.130. The molecule has 3 rings (SSSR count). The topological polar surface area (TPSA) is 36.4 Å². The molecule has 22 heavy (non-hydrogen) atoms. The van der Waals surface area contributed by atoms with Crippen molar-refractivity contribution in [3.8, 4) is 0 Å². The van der Waals surface area contributed by atoms with Gasteiger partial charge in [0.05, 0.1) is 10.7 Å². The van der Waals surface area contributed by atoms with E-state index in [2.05, 4.69) is 22.1 Å². The van der Waals surface area contributed by atoms with E-state index in [-0.39, 0.29) is 5.91 Å². The molecule has 5 heteroatoms. The van der Waals surface area contributed by atoms with Crippen LogP contribution in [0, 0.1) is 0 Å². The molecule has 3 heterocycles. The van der Waals surface area contributed by atoms with Gasteiger partial charge in [0.15, 0.2) is 0 Å². The van der Waals surface area contributed by atoms with Crippen molar-refractivity contribution in [2.45, 2.75) is 71.0 Å². The quantitative estimate of drug-likeness (QED) is 0.836. The minimum Gasteiger partial charge on any atom is -0.338 e. The Hall–Kier alpha value is -0.940. The number of amides is 1. The van der Waals surface area contributed by atoms with E-state index in [0.717, 1.165) is 38.9 Å². The fourth-order valence-corrected chi connectivity index (χ4v) is 4.92. The summed E-state index contributed by atoms with van der Waals surface area (Å²) in [7, 11) is 0. The third kappa shape index (κ3) is 3.35. The molecule has 2 atom stereocenters. The molecule has 2 aliphatic heterocycles. The van der Waals surface area contributed by atoms with Crippen LogP contribution < -0.4 is 0 Å². The van der Waals surface area contributed by atoms with Gasteiger partial charge in [-0.15, -0.1) is 11.3 Å². The molecular formula is C17H27N3OS. The van der Waals surface area contributed by atoms with E-state index in [1.807, 2.05) is 0 Å². The minimum absolute atomic E-state index is 0.244. The number of nitrogens with zero attached hydrogens (tertiary/aromatic N) is 3. The number of carbonyl (C=O) groups excluding carboxylic acids is 1. The highest BCUT2D eigenvalue weighted by atomic mass is 32.1. The summed E-state index contributed by atoms with van der Waals surface area (Å²) >= 11 is 1.79. The Balaban J connectivity index is 1.66. The van der Waals surface area contributed by atoms with E-state index in [4.69, 9.17) is 4.98 Å². The summed E-state index contributed by atoms with van der Waals surface area (Å²) in [5, 5.41) is 3.48. The molecule has 1 aromatic rings. The van der Waals surface area contributed by atoms with Crippen LogP contribution in [0.4, 0.5) is 0 Å². The summed E-state index contributed by atoms with van der Waals surface area (Å²) in [5.74, 6) is 0.244. The lowest BCUT2D eigenvalue weighted by Gasteiger charge is -2.34. The molecule has 0 spiro atoms. The molecule has 1 amide bonds. The number of aryl methyl sites for hydroxylation is 1. The second kappa shape index (κ2) is 7.09. The number of hydrogen-bond acceptors (Lipinski definition) is 4. The zero-order valence-electron chi connectivity index (χ0n) is 13.8. The van der Waals surface area contributed by atoms with E-state index in [1.54, 1.807) is 18.3 Å². The van der Waals surface area contributed by atoms with Gasteiger partial charge in [0.1, 0.15) is 0 Å². The molecule has 122 valence electrons. The first kappa shape index (κ1) is 15.9. The van der Waals surface area contributed by atoms with Crippen LogP contribution in [0.2, 0.25) is 0 Å². The third-order valence-electron chi connectivity index (χ3n) is 4.99. The lowest BCUT2D eigenvalue weighted by Crippen LogP contribution is -2.47. The molecule has 2 fully saturated rings. The summed E-state index contributed by atoms with van der Waals surface area (Å²) in [6.45, 7) is 6.96. The number of likely N-dealkylation sites (tertiary alicyclic amines) is 2. The SMILES string of the molecule is CCCc1nc(CN2CCCC2C2CCCN2C(C)=O)cs1. The minimum atomic E-state index is 0.244. The Morgan fingerprint density at radius 2 is 2.09 bits per heavy atom. The van der Waals surface area contributed by atoms with Gasteiger partial charge in [-0.05, 0) is 45.1 Å². The highest BCUT2D eigenvalue weighted by Crippen LogP contribution is 2.31. The molecule has 0 aromatic carbocycles. The van der Waals surface area contributed by atoms with Crippen LogP contribution >= 0.6 is 11.3 Å². The van der Waals surface area contributed by atoms with E-state index >= 15 is 0 Å². The van der Waals surface area contributed by atoms with Crippen molar-refractivity contribution in [3.63, 3.8) is 0 Å². The second-order valence-corrected chi connectivity index (χ2v) is 7.53. The van der Waals surface area contributed by atoms with Gasteiger partial charge in [0.25, 0.3) is 0 Å². The first-order valence-corrected chi connectivity index (χ1v) is 9.51. The van der Waals surface area contributed by atoms with Gasteiger partial charge in [-0.25, -0.2) is 4.98 Å². The molecule has 1 aromatic heterocycles. The molecular weight excluding hydrogens is 294 g/mol. The summed E-state index contributed by atoms with van der Waals surface area (Å²) in [6.07, 6.45) is 7.05.